The molecule has 17 heavy (non-hydrogen) atoms. The lowest BCUT2D eigenvalue weighted by atomic mass is 10.0. The Morgan fingerprint density at radius 2 is 2.24 bits per heavy atom. The van der Waals surface area contributed by atoms with Crippen LogP contribution >= 0.6 is 11.6 Å². The number of halogens is 1. The number of anilines is 1. The molecule has 92 valence electrons. The fourth-order valence-corrected chi connectivity index (χ4v) is 2.09. The van der Waals surface area contributed by atoms with Crippen molar-refractivity contribution in [3.63, 3.8) is 0 Å². The van der Waals surface area contributed by atoms with Gasteiger partial charge in [-0.15, -0.1) is 0 Å². The normalized spacial score (nSPS) is 16.6. The maximum Gasteiger partial charge on any atom is 0.293 e. The molecule has 0 spiro atoms. The lowest BCUT2D eigenvalue weighted by molar-refractivity contribution is -0.383. The highest BCUT2D eigenvalue weighted by molar-refractivity contribution is 6.30. The van der Waals surface area contributed by atoms with Crippen LogP contribution in [0.2, 0.25) is 5.02 Å². The summed E-state index contributed by atoms with van der Waals surface area (Å²) in [4.78, 5) is 10.5. The van der Waals surface area contributed by atoms with Gasteiger partial charge in [0, 0.05) is 17.6 Å². The molecular weight excluding hydrogens is 240 g/mol. The standard InChI is InChI=1S/C12H15ClN2O2/c1-2-12(5-6-12)8-14-10-4-3-9(13)7-11(10)15(16)17/h3-4,7,14H,2,5-6,8H2,1H3. The third-order valence-corrected chi connectivity index (χ3v) is 3.75. The summed E-state index contributed by atoms with van der Waals surface area (Å²) in [7, 11) is 0. The van der Waals surface area contributed by atoms with Crippen LogP contribution in [0.5, 0.6) is 0 Å². The van der Waals surface area contributed by atoms with E-state index in [2.05, 4.69) is 12.2 Å². The van der Waals surface area contributed by atoms with Gasteiger partial charge in [-0.05, 0) is 36.8 Å². The van der Waals surface area contributed by atoms with E-state index in [9.17, 15) is 10.1 Å². The lowest BCUT2D eigenvalue weighted by Gasteiger charge is -2.14. The van der Waals surface area contributed by atoms with Crippen LogP contribution in [0, 0.1) is 15.5 Å². The zero-order chi connectivity index (χ0) is 12.5. The van der Waals surface area contributed by atoms with Crippen molar-refractivity contribution in [3.05, 3.63) is 33.3 Å². The van der Waals surface area contributed by atoms with Crippen molar-refractivity contribution >= 4 is 23.0 Å². The number of nitro groups is 1. The van der Waals surface area contributed by atoms with Crippen molar-refractivity contribution in [1.29, 1.82) is 0 Å². The summed E-state index contributed by atoms with van der Waals surface area (Å²) in [6.45, 7) is 2.96. The molecule has 0 aliphatic heterocycles. The molecule has 4 nitrogen and oxygen atoms in total. The molecule has 0 heterocycles. The molecule has 1 aromatic carbocycles. The van der Waals surface area contributed by atoms with Crippen molar-refractivity contribution in [1.82, 2.24) is 0 Å². The molecular formula is C12H15ClN2O2. The van der Waals surface area contributed by atoms with Crippen molar-refractivity contribution in [2.75, 3.05) is 11.9 Å². The Morgan fingerprint density at radius 1 is 1.53 bits per heavy atom. The van der Waals surface area contributed by atoms with E-state index in [1.165, 1.54) is 18.9 Å². The Hall–Kier alpha value is -1.29. The summed E-state index contributed by atoms with van der Waals surface area (Å²) in [5.74, 6) is 0. The van der Waals surface area contributed by atoms with Crippen LogP contribution in [0.1, 0.15) is 26.2 Å². The average molecular weight is 255 g/mol. The molecule has 5 heteroatoms. The number of nitro benzene ring substituents is 1. The maximum absolute atomic E-state index is 10.9. The summed E-state index contributed by atoms with van der Waals surface area (Å²) >= 11 is 5.76. The minimum absolute atomic E-state index is 0.0457. The molecule has 0 bridgehead atoms. The van der Waals surface area contributed by atoms with Crippen molar-refractivity contribution in [2.45, 2.75) is 26.2 Å². The summed E-state index contributed by atoms with van der Waals surface area (Å²) in [5, 5.41) is 14.5. The Balaban J connectivity index is 2.12. The number of rotatable bonds is 5. The number of benzene rings is 1. The fourth-order valence-electron chi connectivity index (χ4n) is 1.92. The van der Waals surface area contributed by atoms with Gasteiger partial charge in [0.2, 0.25) is 0 Å². The number of nitrogens with zero attached hydrogens (tertiary/aromatic N) is 1. The predicted octanol–water partition coefficient (Wildman–Crippen LogP) is 3.85. The molecule has 0 unspecified atom stereocenters. The van der Waals surface area contributed by atoms with E-state index < -0.39 is 4.92 Å². The molecule has 1 N–H and O–H groups in total. The van der Waals surface area contributed by atoms with Crippen LogP contribution in [0.4, 0.5) is 11.4 Å². The molecule has 0 saturated heterocycles. The second-order valence-corrected chi connectivity index (χ2v) is 5.06. The van der Waals surface area contributed by atoms with Gasteiger partial charge in [-0.2, -0.15) is 0 Å². The minimum atomic E-state index is -0.403. The van der Waals surface area contributed by atoms with Gasteiger partial charge < -0.3 is 5.32 Å². The molecule has 1 aliphatic rings. The second-order valence-electron chi connectivity index (χ2n) is 4.63. The highest BCUT2D eigenvalue weighted by Crippen LogP contribution is 2.48. The highest BCUT2D eigenvalue weighted by Gasteiger charge is 2.40. The fraction of sp³-hybridized carbons (Fsp3) is 0.500. The van der Waals surface area contributed by atoms with Gasteiger partial charge in [-0.1, -0.05) is 18.5 Å². The molecule has 1 aromatic rings. The molecule has 0 radical (unpaired) electrons. The highest BCUT2D eigenvalue weighted by atomic mass is 35.5. The van der Waals surface area contributed by atoms with Crippen LogP contribution in [0.3, 0.4) is 0 Å². The molecule has 2 rings (SSSR count). The van der Waals surface area contributed by atoms with Crippen molar-refractivity contribution < 1.29 is 4.92 Å². The second kappa shape index (κ2) is 4.53. The third-order valence-electron chi connectivity index (χ3n) is 3.52. The summed E-state index contributed by atoms with van der Waals surface area (Å²) in [5.41, 5.74) is 0.955. The molecule has 1 fully saturated rings. The van der Waals surface area contributed by atoms with Gasteiger partial charge in [-0.3, -0.25) is 10.1 Å². The van der Waals surface area contributed by atoms with E-state index in [1.54, 1.807) is 12.1 Å². The zero-order valence-electron chi connectivity index (χ0n) is 9.70. The topological polar surface area (TPSA) is 55.2 Å². The lowest BCUT2D eigenvalue weighted by Crippen LogP contribution is -2.15. The number of nitrogens with one attached hydrogen (secondary N) is 1. The van der Waals surface area contributed by atoms with Gasteiger partial charge in [0.15, 0.2) is 0 Å². The number of hydrogen-bond acceptors (Lipinski definition) is 3. The maximum atomic E-state index is 10.9. The molecule has 0 aromatic heterocycles. The van der Waals surface area contributed by atoms with Crippen molar-refractivity contribution in [3.8, 4) is 0 Å². The molecule has 0 amide bonds. The average Bonchev–Trinajstić information content (AvgIpc) is 3.08. The first-order valence-electron chi connectivity index (χ1n) is 5.74. The van der Waals surface area contributed by atoms with Gasteiger partial charge in [0.1, 0.15) is 5.69 Å². The third kappa shape index (κ3) is 2.69. The summed E-state index contributed by atoms with van der Waals surface area (Å²) < 4.78 is 0. The summed E-state index contributed by atoms with van der Waals surface area (Å²) in [6.07, 6.45) is 3.52. The zero-order valence-corrected chi connectivity index (χ0v) is 10.5. The Bertz CT molecular complexity index is 444. The molecule has 1 aliphatic carbocycles. The first kappa shape index (κ1) is 12.2. The summed E-state index contributed by atoms with van der Waals surface area (Å²) in [6, 6.07) is 4.73. The smallest absolute Gasteiger partial charge is 0.293 e. The van der Waals surface area contributed by atoms with E-state index in [1.807, 2.05) is 0 Å². The van der Waals surface area contributed by atoms with Crippen LogP contribution < -0.4 is 5.32 Å². The monoisotopic (exact) mass is 254 g/mol. The Labute approximate surface area is 105 Å². The van der Waals surface area contributed by atoms with Crippen LogP contribution in [0.25, 0.3) is 0 Å². The molecule has 1 saturated carbocycles. The van der Waals surface area contributed by atoms with E-state index in [0.29, 0.717) is 16.1 Å². The van der Waals surface area contributed by atoms with E-state index in [0.717, 1.165) is 13.0 Å². The van der Waals surface area contributed by atoms with Crippen LogP contribution in [-0.2, 0) is 0 Å². The first-order chi connectivity index (χ1) is 8.06. The SMILES string of the molecule is CCC1(CNc2ccc(Cl)cc2[N+](=O)[O-])CC1. The van der Waals surface area contributed by atoms with E-state index in [-0.39, 0.29) is 5.69 Å². The quantitative estimate of drug-likeness (QED) is 0.641. The van der Waals surface area contributed by atoms with Gasteiger partial charge in [0.05, 0.1) is 4.92 Å². The van der Waals surface area contributed by atoms with Gasteiger partial charge in [0.25, 0.3) is 5.69 Å². The Morgan fingerprint density at radius 3 is 2.76 bits per heavy atom. The minimum Gasteiger partial charge on any atom is -0.379 e. The van der Waals surface area contributed by atoms with Crippen LogP contribution in [0.15, 0.2) is 18.2 Å². The van der Waals surface area contributed by atoms with E-state index >= 15 is 0 Å². The van der Waals surface area contributed by atoms with Crippen LogP contribution in [-0.4, -0.2) is 11.5 Å². The number of hydrogen-bond donors (Lipinski definition) is 1. The first-order valence-corrected chi connectivity index (χ1v) is 6.12. The predicted molar refractivity (Wildman–Crippen MR) is 68.6 cm³/mol. The van der Waals surface area contributed by atoms with Gasteiger partial charge in [-0.25, -0.2) is 0 Å². The molecule has 0 atom stereocenters. The Kier molecular flexibility index (Phi) is 3.24. The van der Waals surface area contributed by atoms with Gasteiger partial charge >= 0.3 is 0 Å². The van der Waals surface area contributed by atoms with Crippen molar-refractivity contribution in [2.24, 2.45) is 5.41 Å². The van der Waals surface area contributed by atoms with E-state index in [4.69, 9.17) is 11.6 Å². The largest absolute Gasteiger partial charge is 0.379 e.